The maximum Gasteiger partial charge on any atom is 0.273 e. The second-order valence-corrected chi connectivity index (χ2v) is 7.47. The fourth-order valence-corrected chi connectivity index (χ4v) is 3.05. The summed E-state index contributed by atoms with van der Waals surface area (Å²) in [6.07, 6.45) is 1.57. The minimum atomic E-state index is -2.75. The van der Waals surface area contributed by atoms with Crippen LogP contribution in [0.1, 0.15) is 46.2 Å². The highest BCUT2D eigenvalue weighted by Crippen LogP contribution is 2.38. The van der Waals surface area contributed by atoms with Gasteiger partial charge in [-0.3, -0.25) is 9.59 Å². The van der Waals surface area contributed by atoms with Crippen LogP contribution in [0, 0.1) is 5.92 Å². The molecule has 0 radical (unpaired) electrons. The van der Waals surface area contributed by atoms with Gasteiger partial charge in [-0.2, -0.15) is 4.98 Å². The molecule has 0 spiro atoms. The van der Waals surface area contributed by atoms with Crippen LogP contribution in [0.2, 0.25) is 0 Å². The van der Waals surface area contributed by atoms with Crippen molar-refractivity contribution in [3.63, 3.8) is 0 Å². The molecular formula is C21H24N8O4. The molecule has 0 saturated heterocycles. The lowest BCUT2D eigenvalue weighted by molar-refractivity contribution is -0.117. The van der Waals surface area contributed by atoms with E-state index in [9.17, 15) is 9.59 Å². The molecule has 33 heavy (non-hydrogen) atoms. The van der Waals surface area contributed by atoms with Crippen molar-refractivity contribution < 1.29 is 23.0 Å². The number of rotatable bonds is 8. The zero-order chi connectivity index (χ0) is 26.0. The average Bonchev–Trinajstić information content (AvgIpc) is 3.54. The topological polar surface area (TPSA) is 170 Å². The number of carbonyl (C=O) groups excluding carboxylic acids is 2. The van der Waals surface area contributed by atoms with Crippen LogP contribution < -0.4 is 26.4 Å². The number of methoxy groups -OCH3 is 1. The number of carbonyl (C=O) groups is 2. The standard InChI is InChI=1S/C21H24N8O4/c1-10(22)18-26-21(33-29-18)12-5-4-6-13(17(12)32-3)24-14-9-15(25-19(30)11-7-8-11)27-28-16(14)20(31)23-2/h4-6,9-11H,7-8,22H2,1-3H3,(H,23,31)(H2,24,25,27,30)/t10-/m1/s1/i2D3. The number of amides is 2. The lowest BCUT2D eigenvalue weighted by Crippen LogP contribution is -2.22. The van der Waals surface area contributed by atoms with E-state index in [-0.39, 0.29) is 34.9 Å². The summed E-state index contributed by atoms with van der Waals surface area (Å²) in [6.45, 7) is -1.03. The Morgan fingerprint density at radius 2 is 2.12 bits per heavy atom. The SMILES string of the molecule is [2H]C([2H])([2H])NC(=O)c1nnc(NC(=O)C2CC2)cc1Nc1cccc(-c2nc([C@@H](C)N)no2)c1OC. The minimum absolute atomic E-state index is 0.0788. The predicted molar refractivity (Wildman–Crippen MR) is 119 cm³/mol. The molecular weight excluding hydrogens is 428 g/mol. The van der Waals surface area contributed by atoms with Gasteiger partial charge in [-0.1, -0.05) is 11.2 Å². The van der Waals surface area contributed by atoms with Gasteiger partial charge in [-0.15, -0.1) is 10.2 Å². The van der Waals surface area contributed by atoms with Crippen molar-refractivity contribution in [2.24, 2.45) is 11.7 Å². The molecule has 1 saturated carbocycles. The zero-order valence-electron chi connectivity index (χ0n) is 20.9. The van der Waals surface area contributed by atoms with E-state index in [0.717, 1.165) is 12.8 Å². The maximum absolute atomic E-state index is 12.7. The van der Waals surface area contributed by atoms with Crippen molar-refractivity contribution in [2.45, 2.75) is 25.8 Å². The van der Waals surface area contributed by atoms with E-state index in [1.165, 1.54) is 13.2 Å². The van der Waals surface area contributed by atoms with Gasteiger partial charge in [0.15, 0.2) is 23.1 Å². The third-order valence-corrected chi connectivity index (χ3v) is 4.89. The van der Waals surface area contributed by atoms with E-state index < -0.39 is 18.9 Å². The molecule has 1 fully saturated rings. The van der Waals surface area contributed by atoms with E-state index in [4.69, 9.17) is 19.1 Å². The highest BCUT2D eigenvalue weighted by atomic mass is 16.5. The van der Waals surface area contributed by atoms with E-state index in [1.807, 2.05) is 5.32 Å². The Hall–Kier alpha value is -4.06. The summed E-state index contributed by atoms with van der Waals surface area (Å²) in [7, 11) is 1.43. The zero-order valence-corrected chi connectivity index (χ0v) is 17.9. The normalized spacial score (nSPS) is 15.5. The molecule has 0 aliphatic heterocycles. The van der Waals surface area contributed by atoms with Gasteiger partial charge in [0.25, 0.3) is 11.8 Å². The van der Waals surface area contributed by atoms with Crippen LogP contribution in [-0.4, -0.2) is 46.2 Å². The van der Waals surface area contributed by atoms with E-state index in [1.54, 1.807) is 25.1 Å². The summed E-state index contributed by atoms with van der Waals surface area (Å²) in [6, 6.07) is 5.97. The van der Waals surface area contributed by atoms with Crippen LogP contribution in [0.15, 0.2) is 28.8 Å². The van der Waals surface area contributed by atoms with Gasteiger partial charge in [0.2, 0.25) is 5.91 Å². The number of nitrogens with two attached hydrogens (primary N) is 1. The highest BCUT2D eigenvalue weighted by Gasteiger charge is 2.30. The number of nitrogens with zero attached hydrogens (tertiary/aromatic N) is 4. The Bertz CT molecular complexity index is 1290. The number of benzene rings is 1. The molecule has 3 aromatic rings. The number of hydrogen-bond donors (Lipinski definition) is 4. The number of nitrogens with one attached hydrogen (secondary N) is 3. The number of aromatic nitrogens is 4. The molecule has 1 aliphatic rings. The third-order valence-electron chi connectivity index (χ3n) is 4.89. The van der Waals surface area contributed by atoms with Crippen LogP contribution in [0.3, 0.4) is 0 Å². The molecule has 2 heterocycles. The van der Waals surface area contributed by atoms with E-state index in [2.05, 4.69) is 31.0 Å². The van der Waals surface area contributed by atoms with Gasteiger partial charge in [-0.05, 0) is 31.9 Å². The molecule has 2 aromatic heterocycles. The molecule has 5 N–H and O–H groups in total. The number of para-hydroxylation sites is 1. The van der Waals surface area contributed by atoms with Crippen molar-refractivity contribution in [2.75, 3.05) is 24.7 Å². The van der Waals surface area contributed by atoms with Crippen LogP contribution in [0.5, 0.6) is 5.75 Å². The fourth-order valence-electron chi connectivity index (χ4n) is 3.05. The Kier molecular flexibility index (Phi) is 5.16. The summed E-state index contributed by atoms with van der Waals surface area (Å²) in [4.78, 5) is 29.1. The summed E-state index contributed by atoms with van der Waals surface area (Å²) in [5, 5.41) is 19.1. The predicted octanol–water partition coefficient (Wildman–Crippen LogP) is 2.01. The summed E-state index contributed by atoms with van der Waals surface area (Å²) in [5.41, 5.74) is 6.40. The van der Waals surface area contributed by atoms with E-state index in [0.29, 0.717) is 22.8 Å². The van der Waals surface area contributed by atoms with Crippen LogP contribution >= 0.6 is 0 Å². The first-order valence-corrected chi connectivity index (χ1v) is 10.1. The Balaban J connectivity index is 1.72. The van der Waals surface area contributed by atoms with Gasteiger partial charge in [0.05, 0.1) is 30.1 Å². The number of hydrogen-bond acceptors (Lipinski definition) is 10. The van der Waals surface area contributed by atoms with Crippen LogP contribution in [0.4, 0.5) is 17.2 Å². The van der Waals surface area contributed by atoms with Gasteiger partial charge in [0.1, 0.15) is 0 Å². The molecule has 1 aromatic carbocycles. The summed E-state index contributed by atoms with van der Waals surface area (Å²) < 4.78 is 32.9. The van der Waals surface area contributed by atoms with Crippen molar-refractivity contribution >= 4 is 29.0 Å². The van der Waals surface area contributed by atoms with Crippen molar-refractivity contribution in [1.29, 1.82) is 0 Å². The Labute approximate surface area is 193 Å². The van der Waals surface area contributed by atoms with Crippen LogP contribution in [-0.2, 0) is 4.79 Å². The average molecular weight is 455 g/mol. The van der Waals surface area contributed by atoms with Crippen LogP contribution in [0.25, 0.3) is 11.5 Å². The quantitative estimate of drug-likeness (QED) is 0.394. The highest BCUT2D eigenvalue weighted by molar-refractivity contribution is 6.00. The molecule has 172 valence electrons. The van der Waals surface area contributed by atoms with Gasteiger partial charge < -0.3 is 30.9 Å². The smallest absolute Gasteiger partial charge is 0.273 e. The van der Waals surface area contributed by atoms with Gasteiger partial charge in [0, 0.05) is 23.1 Å². The van der Waals surface area contributed by atoms with Gasteiger partial charge in [-0.25, -0.2) is 0 Å². The molecule has 12 heteroatoms. The Morgan fingerprint density at radius 1 is 1.30 bits per heavy atom. The largest absolute Gasteiger partial charge is 0.494 e. The third kappa shape index (κ3) is 4.75. The number of anilines is 3. The molecule has 4 rings (SSSR count). The molecule has 0 unspecified atom stereocenters. The first kappa shape index (κ1) is 18.5. The second-order valence-electron chi connectivity index (χ2n) is 7.47. The Morgan fingerprint density at radius 3 is 2.79 bits per heavy atom. The molecule has 2 amide bonds. The minimum Gasteiger partial charge on any atom is -0.494 e. The molecule has 1 atom stereocenters. The van der Waals surface area contributed by atoms with Crippen molar-refractivity contribution in [1.82, 2.24) is 25.7 Å². The molecule has 1 aliphatic carbocycles. The second kappa shape index (κ2) is 9.20. The lowest BCUT2D eigenvalue weighted by Gasteiger charge is -2.15. The van der Waals surface area contributed by atoms with E-state index >= 15 is 0 Å². The first-order valence-electron chi connectivity index (χ1n) is 11.6. The maximum atomic E-state index is 12.7. The summed E-state index contributed by atoms with van der Waals surface area (Å²) >= 11 is 0. The first-order chi connectivity index (χ1) is 17.1. The summed E-state index contributed by atoms with van der Waals surface area (Å²) in [5.74, 6) is -0.436. The van der Waals surface area contributed by atoms with Gasteiger partial charge >= 0.3 is 0 Å². The fraction of sp³-hybridized carbons (Fsp3) is 0.333. The molecule has 0 bridgehead atoms. The van der Waals surface area contributed by atoms with Crippen molar-refractivity contribution in [3.8, 4) is 17.2 Å². The lowest BCUT2D eigenvalue weighted by atomic mass is 10.1. The monoisotopic (exact) mass is 455 g/mol. The van der Waals surface area contributed by atoms with Crippen molar-refractivity contribution in [3.05, 3.63) is 35.8 Å². The number of ether oxygens (including phenoxy) is 1. The molecule has 12 nitrogen and oxygen atoms in total.